The predicted molar refractivity (Wildman–Crippen MR) is 102 cm³/mol. The fourth-order valence-corrected chi connectivity index (χ4v) is 4.48. The van der Waals surface area contributed by atoms with Crippen LogP contribution in [0.2, 0.25) is 0 Å². The fourth-order valence-electron chi connectivity index (χ4n) is 4.48. The number of fused-ring (bicyclic) bond motifs is 3. The lowest BCUT2D eigenvalue weighted by atomic mass is 9.96. The van der Waals surface area contributed by atoms with Gasteiger partial charge in [0, 0.05) is 24.2 Å². The van der Waals surface area contributed by atoms with Gasteiger partial charge in [-0.3, -0.25) is 9.78 Å². The molecule has 1 fully saturated rings. The number of anilines is 1. The van der Waals surface area contributed by atoms with Crippen LogP contribution >= 0.6 is 0 Å². The Morgan fingerprint density at radius 3 is 2.80 bits per heavy atom. The van der Waals surface area contributed by atoms with Crippen LogP contribution in [0.5, 0.6) is 0 Å². The monoisotopic (exact) mass is 414 g/mol. The molecule has 3 amide bonds. The molecule has 0 saturated carbocycles. The smallest absolute Gasteiger partial charge is 0.322 e. The maximum absolute atomic E-state index is 14.1. The van der Waals surface area contributed by atoms with Gasteiger partial charge >= 0.3 is 6.03 Å². The topological polar surface area (TPSA) is 65.5 Å². The van der Waals surface area contributed by atoms with E-state index in [0.29, 0.717) is 12.1 Å². The molecule has 2 aliphatic heterocycles. The molecule has 0 radical (unpaired) electrons. The van der Waals surface area contributed by atoms with Gasteiger partial charge in [-0.25, -0.2) is 18.0 Å². The van der Waals surface area contributed by atoms with Crippen molar-refractivity contribution < 1.29 is 22.8 Å². The van der Waals surface area contributed by atoms with E-state index in [4.69, 9.17) is 0 Å². The highest BCUT2D eigenvalue weighted by Crippen LogP contribution is 2.42. The van der Waals surface area contributed by atoms with Crippen LogP contribution in [0.15, 0.2) is 36.7 Å². The van der Waals surface area contributed by atoms with Crippen LogP contribution in [0.25, 0.3) is 5.57 Å². The van der Waals surface area contributed by atoms with Crippen molar-refractivity contribution in [3.05, 3.63) is 65.2 Å². The molecular weight excluding hydrogens is 397 g/mol. The number of urea groups is 1. The normalized spacial score (nSPS) is 22.1. The minimum absolute atomic E-state index is 0.0196. The number of hydrogen-bond acceptors (Lipinski definition) is 3. The first-order chi connectivity index (χ1) is 14.4. The third-order valence-corrected chi connectivity index (χ3v) is 5.91. The maximum atomic E-state index is 14.1. The Hall–Kier alpha value is -3.36. The molecule has 3 aliphatic rings. The maximum Gasteiger partial charge on any atom is 0.322 e. The molecule has 30 heavy (non-hydrogen) atoms. The van der Waals surface area contributed by atoms with Gasteiger partial charge in [-0.2, -0.15) is 0 Å². The van der Waals surface area contributed by atoms with Crippen molar-refractivity contribution in [2.75, 3.05) is 18.4 Å². The van der Waals surface area contributed by atoms with E-state index in [2.05, 4.69) is 10.3 Å². The lowest BCUT2D eigenvalue weighted by molar-refractivity contribution is -0.132. The fraction of sp³-hybridized carbons (Fsp3) is 0.286. The number of carbonyl (C=O) groups excluding carboxylic acids is 2. The molecule has 6 nitrogen and oxygen atoms in total. The van der Waals surface area contributed by atoms with E-state index in [1.165, 1.54) is 17.0 Å². The first kappa shape index (κ1) is 18.7. The van der Waals surface area contributed by atoms with Crippen molar-refractivity contribution in [3.8, 4) is 0 Å². The van der Waals surface area contributed by atoms with Gasteiger partial charge in [-0.15, -0.1) is 0 Å². The molecule has 2 aromatic rings. The van der Waals surface area contributed by atoms with Gasteiger partial charge in [0.1, 0.15) is 12.4 Å². The van der Waals surface area contributed by atoms with Crippen molar-refractivity contribution in [3.63, 3.8) is 0 Å². The van der Waals surface area contributed by atoms with E-state index in [1.807, 2.05) is 6.08 Å². The predicted octanol–water partition coefficient (Wildman–Crippen LogP) is 3.16. The molecule has 0 spiro atoms. The zero-order chi connectivity index (χ0) is 21.0. The van der Waals surface area contributed by atoms with Crippen molar-refractivity contribution in [1.82, 2.24) is 14.8 Å². The molecule has 2 atom stereocenters. The van der Waals surface area contributed by atoms with Gasteiger partial charge in [0.2, 0.25) is 5.91 Å². The number of benzene rings is 1. The highest BCUT2D eigenvalue weighted by atomic mass is 19.2. The van der Waals surface area contributed by atoms with Gasteiger partial charge in [0.05, 0.1) is 24.5 Å². The molecule has 0 unspecified atom stereocenters. The highest BCUT2D eigenvalue weighted by Gasteiger charge is 2.42. The number of nitrogens with one attached hydrogen (secondary N) is 1. The minimum atomic E-state index is -1.03. The van der Waals surface area contributed by atoms with Crippen LogP contribution in [-0.4, -0.2) is 45.9 Å². The van der Waals surface area contributed by atoms with Crippen LogP contribution < -0.4 is 5.32 Å². The van der Waals surface area contributed by atoms with Gasteiger partial charge < -0.3 is 15.1 Å². The van der Waals surface area contributed by atoms with Crippen molar-refractivity contribution in [2.24, 2.45) is 5.92 Å². The summed E-state index contributed by atoms with van der Waals surface area (Å²) in [5, 5.41) is 2.50. The summed E-state index contributed by atoms with van der Waals surface area (Å²) in [5.74, 6) is -2.64. The molecule has 154 valence electrons. The lowest BCUT2D eigenvalue weighted by Gasteiger charge is -2.32. The molecule has 9 heteroatoms. The van der Waals surface area contributed by atoms with Crippen molar-refractivity contribution in [1.29, 1.82) is 0 Å². The van der Waals surface area contributed by atoms with Crippen molar-refractivity contribution >= 4 is 23.2 Å². The number of nitrogens with zero attached hydrogens (tertiary/aromatic N) is 3. The molecule has 2 bridgehead atoms. The zero-order valence-electron chi connectivity index (χ0n) is 15.7. The summed E-state index contributed by atoms with van der Waals surface area (Å²) in [7, 11) is 0. The Morgan fingerprint density at radius 1 is 1.23 bits per heavy atom. The average molecular weight is 414 g/mol. The minimum Gasteiger partial charge on any atom is -0.334 e. The lowest BCUT2D eigenvalue weighted by Crippen LogP contribution is -2.47. The third kappa shape index (κ3) is 3.01. The number of likely N-dealkylation sites (tertiary alicyclic amines) is 1. The van der Waals surface area contributed by atoms with Gasteiger partial charge in [-0.1, -0.05) is 6.08 Å². The van der Waals surface area contributed by atoms with Crippen molar-refractivity contribution in [2.45, 2.75) is 19.0 Å². The summed E-state index contributed by atoms with van der Waals surface area (Å²) in [6, 6.07) is 3.00. The van der Waals surface area contributed by atoms with Crippen LogP contribution in [-0.2, 0) is 11.3 Å². The van der Waals surface area contributed by atoms with Gasteiger partial charge in [-0.05, 0) is 35.8 Å². The molecule has 1 aromatic heterocycles. The standard InChI is InChI=1S/C21H17F3N4O2/c22-13-3-11(6-25-7-13)15-5-14-4-12(15)8-28(14)19(29)10-27-9-16-18(26-21(27)30)2-1-17(23)20(16)24/h1-3,5-7,12,14H,4,8-10H2,(H,26,30)/t12-,14-/m1/s1. The van der Waals surface area contributed by atoms with E-state index in [1.54, 1.807) is 11.1 Å². The number of halogens is 3. The Labute approximate surface area is 170 Å². The zero-order valence-corrected chi connectivity index (χ0v) is 15.7. The molecule has 1 saturated heterocycles. The Kier molecular flexibility index (Phi) is 4.27. The molecule has 1 N–H and O–H groups in total. The summed E-state index contributed by atoms with van der Waals surface area (Å²) in [4.78, 5) is 31.9. The third-order valence-electron chi connectivity index (χ3n) is 5.91. The Morgan fingerprint density at radius 2 is 2.07 bits per heavy atom. The van der Waals surface area contributed by atoms with Gasteiger partial charge in [0.25, 0.3) is 0 Å². The van der Waals surface area contributed by atoms with E-state index < -0.39 is 23.5 Å². The van der Waals surface area contributed by atoms with Gasteiger partial charge in [0.15, 0.2) is 11.6 Å². The Bertz CT molecular complexity index is 1100. The largest absolute Gasteiger partial charge is 0.334 e. The summed E-state index contributed by atoms with van der Waals surface area (Å²) in [5.41, 5.74) is 1.91. The molecule has 1 aliphatic carbocycles. The van der Waals surface area contributed by atoms with Crippen LogP contribution in [0.3, 0.4) is 0 Å². The van der Waals surface area contributed by atoms with E-state index in [0.717, 1.165) is 24.3 Å². The molecular formula is C21H17F3N4O2. The summed E-state index contributed by atoms with van der Waals surface area (Å²) in [6.07, 6.45) is 5.41. The number of carbonyl (C=O) groups is 2. The van der Waals surface area contributed by atoms with Crippen LogP contribution in [0, 0.1) is 23.4 Å². The highest BCUT2D eigenvalue weighted by molar-refractivity contribution is 5.95. The number of aromatic nitrogens is 1. The number of amides is 3. The second kappa shape index (κ2) is 6.86. The Balaban J connectivity index is 1.30. The second-order valence-electron chi connectivity index (χ2n) is 7.73. The van der Waals surface area contributed by atoms with Crippen LogP contribution in [0.4, 0.5) is 23.7 Å². The van der Waals surface area contributed by atoms with Crippen LogP contribution in [0.1, 0.15) is 17.5 Å². The molecule has 5 rings (SSSR count). The second-order valence-corrected chi connectivity index (χ2v) is 7.73. The first-order valence-corrected chi connectivity index (χ1v) is 9.55. The molecule has 1 aromatic carbocycles. The van der Waals surface area contributed by atoms with E-state index >= 15 is 0 Å². The number of rotatable bonds is 3. The first-order valence-electron chi connectivity index (χ1n) is 9.55. The number of hydrogen-bond donors (Lipinski definition) is 1. The molecule has 3 heterocycles. The summed E-state index contributed by atoms with van der Waals surface area (Å²) >= 11 is 0. The SMILES string of the molecule is O=C1Nc2ccc(F)c(F)c2CN1CC(=O)N1C[C@H]2C[C@@H]1C=C2c1cncc(F)c1. The average Bonchev–Trinajstić information content (AvgIpc) is 3.33. The van der Waals surface area contributed by atoms with E-state index in [9.17, 15) is 22.8 Å². The number of pyridine rings is 1. The quantitative estimate of drug-likeness (QED) is 0.839. The van der Waals surface area contributed by atoms with E-state index in [-0.39, 0.29) is 42.2 Å². The summed E-state index contributed by atoms with van der Waals surface area (Å²) in [6.45, 7) is 0.0323. The summed E-state index contributed by atoms with van der Waals surface area (Å²) < 4.78 is 41.1.